The molecular weight excluding hydrogens is 380 g/mol. The van der Waals surface area contributed by atoms with E-state index >= 15 is 0 Å². The first-order chi connectivity index (χ1) is 13.6. The number of methoxy groups -OCH3 is 2. The molecule has 0 saturated heterocycles. The van der Waals surface area contributed by atoms with Crippen molar-refractivity contribution in [2.75, 3.05) is 26.1 Å². The zero-order valence-corrected chi connectivity index (χ0v) is 16.2. The predicted molar refractivity (Wildman–Crippen MR) is 108 cm³/mol. The Bertz CT molecular complexity index is 1050. The van der Waals surface area contributed by atoms with Crippen molar-refractivity contribution in [3.8, 4) is 22.8 Å². The summed E-state index contributed by atoms with van der Waals surface area (Å²) in [4.78, 5) is 20.2. The van der Waals surface area contributed by atoms with Gasteiger partial charge in [-0.25, -0.2) is 0 Å². The summed E-state index contributed by atoms with van der Waals surface area (Å²) in [6, 6.07) is 7.25. The highest BCUT2D eigenvalue weighted by atomic mass is 35.5. The quantitative estimate of drug-likeness (QED) is 0.608. The molecule has 3 aromatic rings. The number of rotatable bonds is 5. The highest BCUT2D eigenvalue weighted by Gasteiger charge is 2.28. The van der Waals surface area contributed by atoms with Crippen molar-refractivity contribution in [3.63, 3.8) is 0 Å². The zero-order chi connectivity index (χ0) is 19.7. The molecule has 1 aromatic carbocycles. The van der Waals surface area contributed by atoms with Crippen molar-refractivity contribution in [2.24, 2.45) is 0 Å². The van der Waals surface area contributed by atoms with Crippen LogP contribution in [0.5, 0.6) is 11.5 Å². The number of H-pyrrole nitrogens is 1. The van der Waals surface area contributed by atoms with Crippen LogP contribution in [-0.4, -0.2) is 36.6 Å². The topological polar surface area (TPSA) is 88.3 Å². The van der Waals surface area contributed by atoms with Gasteiger partial charge in [0.15, 0.2) is 5.75 Å². The number of hydrogen-bond acceptors (Lipinski definition) is 5. The maximum Gasteiger partial charge on any atom is 0.255 e. The fourth-order valence-electron chi connectivity index (χ4n) is 3.40. The fraction of sp³-hybridized carbons (Fsp3) is 0.200. The second kappa shape index (κ2) is 7.44. The van der Waals surface area contributed by atoms with Crippen molar-refractivity contribution in [3.05, 3.63) is 52.9 Å². The van der Waals surface area contributed by atoms with E-state index in [1.807, 2.05) is 18.2 Å². The molecule has 0 radical (unpaired) electrons. The SMILES string of the molecule is COc1cnccc1-c1[nH]c2c(c1Nc1cccc(Cl)c1OC)C(=O)NCC2. The molecule has 0 atom stereocenters. The summed E-state index contributed by atoms with van der Waals surface area (Å²) < 4.78 is 10.9. The Balaban J connectivity index is 1.92. The number of hydrogen-bond donors (Lipinski definition) is 3. The number of aromatic amines is 1. The van der Waals surface area contributed by atoms with E-state index in [9.17, 15) is 4.79 Å². The molecule has 0 aliphatic carbocycles. The van der Waals surface area contributed by atoms with E-state index in [0.29, 0.717) is 46.4 Å². The van der Waals surface area contributed by atoms with Gasteiger partial charge >= 0.3 is 0 Å². The van der Waals surface area contributed by atoms with E-state index < -0.39 is 0 Å². The summed E-state index contributed by atoms with van der Waals surface area (Å²) in [5, 5.41) is 6.72. The molecule has 7 nitrogen and oxygen atoms in total. The van der Waals surface area contributed by atoms with Crippen molar-refractivity contribution >= 4 is 28.9 Å². The molecule has 0 spiro atoms. The normalized spacial score (nSPS) is 12.9. The summed E-state index contributed by atoms with van der Waals surface area (Å²) in [5.41, 5.74) is 4.26. The number of fused-ring (bicyclic) bond motifs is 1. The molecule has 4 rings (SSSR count). The first-order valence-corrected chi connectivity index (χ1v) is 9.12. The van der Waals surface area contributed by atoms with E-state index in [1.165, 1.54) is 0 Å². The van der Waals surface area contributed by atoms with Gasteiger partial charge in [0.2, 0.25) is 0 Å². The van der Waals surface area contributed by atoms with Crippen molar-refractivity contribution < 1.29 is 14.3 Å². The molecule has 8 heteroatoms. The lowest BCUT2D eigenvalue weighted by molar-refractivity contribution is 0.0947. The van der Waals surface area contributed by atoms with Gasteiger partial charge in [-0.05, 0) is 18.2 Å². The van der Waals surface area contributed by atoms with E-state index in [0.717, 1.165) is 17.0 Å². The van der Waals surface area contributed by atoms with Crippen LogP contribution >= 0.6 is 11.6 Å². The number of ether oxygens (including phenoxy) is 2. The Morgan fingerprint density at radius 3 is 2.86 bits per heavy atom. The lowest BCUT2D eigenvalue weighted by atomic mass is 10.0. The maximum absolute atomic E-state index is 12.6. The number of halogens is 1. The molecule has 0 bridgehead atoms. The highest BCUT2D eigenvalue weighted by Crippen LogP contribution is 2.42. The Morgan fingerprint density at radius 1 is 1.21 bits per heavy atom. The van der Waals surface area contributed by atoms with Gasteiger partial charge in [-0.1, -0.05) is 17.7 Å². The Kier molecular flexibility index (Phi) is 4.83. The number of para-hydroxylation sites is 1. The summed E-state index contributed by atoms with van der Waals surface area (Å²) >= 11 is 6.27. The van der Waals surface area contributed by atoms with Gasteiger partial charge in [0.05, 0.1) is 48.1 Å². The molecule has 0 fully saturated rings. The molecule has 28 heavy (non-hydrogen) atoms. The third kappa shape index (κ3) is 3.03. The van der Waals surface area contributed by atoms with Crippen LogP contribution < -0.4 is 20.1 Å². The van der Waals surface area contributed by atoms with E-state index in [1.54, 1.807) is 32.7 Å². The Labute approximate surface area is 167 Å². The molecular formula is C20H19ClN4O3. The minimum absolute atomic E-state index is 0.139. The van der Waals surface area contributed by atoms with E-state index in [-0.39, 0.29) is 5.91 Å². The third-order valence-corrected chi connectivity index (χ3v) is 4.97. The largest absolute Gasteiger partial charge is 0.494 e. The average molecular weight is 399 g/mol. The fourth-order valence-corrected chi connectivity index (χ4v) is 3.66. The molecule has 2 aromatic heterocycles. The van der Waals surface area contributed by atoms with Gasteiger partial charge in [0.1, 0.15) is 5.75 Å². The maximum atomic E-state index is 12.6. The van der Waals surface area contributed by atoms with Gasteiger partial charge < -0.3 is 25.1 Å². The molecule has 1 amide bonds. The molecule has 0 saturated carbocycles. The molecule has 1 aliphatic heterocycles. The number of aromatic nitrogens is 2. The third-order valence-electron chi connectivity index (χ3n) is 4.67. The summed E-state index contributed by atoms with van der Waals surface area (Å²) in [6.45, 7) is 0.583. The minimum atomic E-state index is -0.139. The van der Waals surface area contributed by atoms with Gasteiger partial charge in [0.25, 0.3) is 5.91 Å². The van der Waals surface area contributed by atoms with Crippen molar-refractivity contribution in [1.82, 2.24) is 15.3 Å². The molecule has 3 N–H and O–H groups in total. The summed E-state index contributed by atoms with van der Waals surface area (Å²) in [5.74, 6) is 0.964. The lowest BCUT2D eigenvalue weighted by Crippen LogP contribution is -2.31. The van der Waals surface area contributed by atoms with Crippen molar-refractivity contribution in [1.29, 1.82) is 0 Å². The van der Waals surface area contributed by atoms with Crippen LogP contribution in [0.15, 0.2) is 36.7 Å². The molecule has 144 valence electrons. The van der Waals surface area contributed by atoms with Crippen LogP contribution in [0.3, 0.4) is 0 Å². The first kappa shape index (κ1) is 18.2. The summed E-state index contributed by atoms with van der Waals surface area (Å²) in [6.07, 6.45) is 4.02. The second-order valence-corrected chi connectivity index (χ2v) is 6.66. The van der Waals surface area contributed by atoms with Gasteiger partial charge in [-0.3, -0.25) is 9.78 Å². The van der Waals surface area contributed by atoms with E-state index in [4.69, 9.17) is 21.1 Å². The van der Waals surface area contributed by atoms with Crippen LogP contribution in [0, 0.1) is 0 Å². The van der Waals surface area contributed by atoms with Crippen LogP contribution in [0.4, 0.5) is 11.4 Å². The Morgan fingerprint density at radius 2 is 2.07 bits per heavy atom. The molecule has 0 unspecified atom stereocenters. The summed E-state index contributed by atoms with van der Waals surface area (Å²) in [7, 11) is 3.14. The van der Waals surface area contributed by atoms with Gasteiger partial charge in [-0.15, -0.1) is 0 Å². The number of pyridine rings is 1. The molecule has 3 heterocycles. The number of nitrogens with one attached hydrogen (secondary N) is 3. The Hall–Kier alpha value is -3.19. The molecule has 1 aliphatic rings. The average Bonchev–Trinajstić information content (AvgIpc) is 3.07. The second-order valence-electron chi connectivity index (χ2n) is 6.26. The lowest BCUT2D eigenvalue weighted by Gasteiger charge is -2.17. The monoisotopic (exact) mass is 398 g/mol. The van der Waals surface area contributed by atoms with Crippen molar-refractivity contribution in [2.45, 2.75) is 6.42 Å². The number of nitrogens with zero attached hydrogens (tertiary/aromatic N) is 1. The predicted octanol–water partition coefficient (Wildman–Crippen LogP) is 3.78. The van der Waals surface area contributed by atoms with E-state index in [2.05, 4.69) is 20.6 Å². The van der Waals surface area contributed by atoms with Gasteiger partial charge in [0, 0.05) is 30.4 Å². The van der Waals surface area contributed by atoms with Gasteiger partial charge in [-0.2, -0.15) is 0 Å². The standard InChI is InChI=1S/C20H19ClN4O3/c1-27-15-10-22-8-6-11(15)17-18(16-13(24-17)7-9-23-20(16)26)25-14-5-3-4-12(21)19(14)28-2/h3-6,8,10,24-25H,7,9H2,1-2H3,(H,23,26). The zero-order valence-electron chi connectivity index (χ0n) is 15.4. The van der Waals surface area contributed by atoms with Crippen LogP contribution in [-0.2, 0) is 6.42 Å². The highest BCUT2D eigenvalue weighted by molar-refractivity contribution is 6.32. The van der Waals surface area contributed by atoms with Crippen LogP contribution in [0.2, 0.25) is 5.02 Å². The first-order valence-electron chi connectivity index (χ1n) is 8.75. The number of amides is 1. The number of carbonyl (C=O) groups excluding carboxylic acids is 1. The van der Waals surface area contributed by atoms with Crippen LogP contribution in [0.1, 0.15) is 16.1 Å². The smallest absolute Gasteiger partial charge is 0.255 e. The van der Waals surface area contributed by atoms with Crippen LogP contribution in [0.25, 0.3) is 11.3 Å². The number of carbonyl (C=O) groups is 1. The number of benzene rings is 1. The minimum Gasteiger partial charge on any atom is -0.494 e. The number of anilines is 2.